The van der Waals surface area contributed by atoms with E-state index >= 15 is 0 Å². The monoisotopic (exact) mass is 259 g/mol. The topological polar surface area (TPSA) is 61.0 Å². The Balaban J connectivity index is 1.95. The molecule has 0 saturated heterocycles. The van der Waals surface area contributed by atoms with Crippen molar-refractivity contribution in [1.82, 2.24) is 9.97 Å². The van der Waals surface area contributed by atoms with Crippen molar-refractivity contribution in [2.24, 2.45) is 0 Å². The predicted octanol–water partition coefficient (Wildman–Crippen LogP) is 3.56. The summed E-state index contributed by atoms with van der Waals surface area (Å²) < 4.78 is 5.75. The van der Waals surface area contributed by atoms with E-state index in [0.717, 1.165) is 17.3 Å². The van der Waals surface area contributed by atoms with Crippen LogP contribution in [0.2, 0.25) is 0 Å². The zero-order valence-corrected chi connectivity index (χ0v) is 11.4. The van der Waals surface area contributed by atoms with Gasteiger partial charge in [0.15, 0.2) is 0 Å². The minimum atomic E-state index is 0.632. The van der Waals surface area contributed by atoms with E-state index in [-0.39, 0.29) is 0 Å². The van der Waals surface area contributed by atoms with Crippen molar-refractivity contribution >= 4 is 16.6 Å². The molecule has 2 N–H and O–H groups in total. The third-order valence-electron chi connectivity index (χ3n) is 3.11. The number of fused-ring (bicyclic) bond motifs is 1. The average Bonchev–Trinajstić information content (AvgIpc) is 2.43. The maximum Gasteiger partial charge on any atom is 0.224 e. The minimum Gasteiger partial charge on any atom is -0.477 e. The summed E-state index contributed by atoms with van der Waals surface area (Å²) >= 11 is 0. The van der Waals surface area contributed by atoms with E-state index in [4.69, 9.17) is 10.5 Å². The summed E-state index contributed by atoms with van der Waals surface area (Å²) in [6.45, 7) is 2.92. The van der Waals surface area contributed by atoms with Crippen molar-refractivity contribution in [3.05, 3.63) is 24.5 Å². The van der Waals surface area contributed by atoms with E-state index in [1.165, 1.54) is 32.0 Å². The average molecular weight is 259 g/mol. The first-order valence-corrected chi connectivity index (χ1v) is 6.94. The Bertz CT molecular complexity index is 528. The first-order chi connectivity index (χ1) is 9.31. The molecule has 2 rings (SSSR count). The van der Waals surface area contributed by atoms with Crippen LogP contribution in [0.5, 0.6) is 5.88 Å². The molecule has 0 aliphatic rings. The zero-order chi connectivity index (χ0) is 13.5. The van der Waals surface area contributed by atoms with E-state index < -0.39 is 0 Å². The highest BCUT2D eigenvalue weighted by Gasteiger charge is 2.04. The number of nitrogens with zero attached hydrogens (tertiary/aromatic N) is 2. The van der Waals surface area contributed by atoms with Crippen molar-refractivity contribution in [3.8, 4) is 5.88 Å². The second kappa shape index (κ2) is 6.92. The van der Waals surface area contributed by atoms with Gasteiger partial charge in [-0.25, -0.2) is 9.97 Å². The van der Waals surface area contributed by atoms with Gasteiger partial charge in [-0.1, -0.05) is 32.6 Å². The van der Waals surface area contributed by atoms with E-state index in [2.05, 4.69) is 16.9 Å². The fourth-order valence-corrected chi connectivity index (χ4v) is 2.04. The van der Waals surface area contributed by atoms with Crippen LogP contribution in [0.3, 0.4) is 0 Å². The minimum absolute atomic E-state index is 0.632. The molecule has 1 aromatic heterocycles. The summed E-state index contributed by atoms with van der Waals surface area (Å²) in [6, 6.07) is 5.59. The molecule has 0 bridgehead atoms. The number of nitrogen functional groups attached to an aromatic ring is 1. The van der Waals surface area contributed by atoms with Gasteiger partial charge in [0.25, 0.3) is 0 Å². The summed E-state index contributed by atoms with van der Waals surface area (Å²) in [5.74, 6) is 0.632. The Labute approximate surface area is 114 Å². The normalized spacial score (nSPS) is 10.8. The van der Waals surface area contributed by atoms with Crippen LogP contribution in [-0.4, -0.2) is 16.6 Å². The van der Waals surface area contributed by atoms with Crippen molar-refractivity contribution in [1.29, 1.82) is 0 Å². The molecule has 4 heteroatoms. The lowest BCUT2D eigenvalue weighted by Crippen LogP contribution is -2.00. The zero-order valence-electron chi connectivity index (χ0n) is 11.4. The van der Waals surface area contributed by atoms with E-state index in [1.807, 2.05) is 18.2 Å². The summed E-state index contributed by atoms with van der Waals surface area (Å²) in [7, 11) is 0. The molecule has 2 aromatic rings. The lowest BCUT2D eigenvalue weighted by Gasteiger charge is -2.08. The van der Waals surface area contributed by atoms with Crippen LogP contribution in [0, 0.1) is 0 Å². The lowest BCUT2D eigenvalue weighted by atomic mass is 10.2. The lowest BCUT2D eigenvalue weighted by molar-refractivity contribution is 0.297. The molecule has 0 spiro atoms. The number of unbranched alkanes of at least 4 members (excludes halogenated alkanes) is 4. The molecule has 4 nitrogen and oxygen atoms in total. The van der Waals surface area contributed by atoms with Gasteiger partial charge in [-0.05, 0) is 24.6 Å². The van der Waals surface area contributed by atoms with Crippen molar-refractivity contribution in [2.75, 3.05) is 12.3 Å². The molecule has 0 fully saturated rings. The van der Waals surface area contributed by atoms with Gasteiger partial charge in [-0.3, -0.25) is 0 Å². The van der Waals surface area contributed by atoms with Crippen molar-refractivity contribution in [2.45, 2.75) is 39.0 Å². The van der Waals surface area contributed by atoms with Crippen molar-refractivity contribution in [3.63, 3.8) is 0 Å². The molecule has 19 heavy (non-hydrogen) atoms. The first kappa shape index (κ1) is 13.6. The summed E-state index contributed by atoms with van der Waals surface area (Å²) in [6.07, 6.45) is 7.64. The van der Waals surface area contributed by atoms with E-state index in [9.17, 15) is 0 Å². The number of rotatable bonds is 7. The number of ether oxygens (including phenoxy) is 1. The summed E-state index contributed by atoms with van der Waals surface area (Å²) in [5, 5.41) is 0.885. The predicted molar refractivity (Wildman–Crippen MR) is 78.2 cm³/mol. The molecule has 0 radical (unpaired) electrons. The molecule has 0 amide bonds. The number of nitrogens with two attached hydrogens (primary N) is 1. The van der Waals surface area contributed by atoms with Crippen LogP contribution in [-0.2, 0) is 0 Å². The van der Waals surface area contributed by atoms with Crippen LogP contribution in [0.25, 0.3) is 10.9 Å². The third kappa shape index (κ3) is 3.81. The highest BCUT2D eigenvalue weighted by molar-refractivity contribution is 5.86. The van der Waals surface area contributed by atoms with Crippen LogP contribution in [0.4, 0.5) is 5.69 Å². The van der Waals surface area contributed by atoms with E-state index in [1.54, 1.807) is 0 Å². The Hall–Kier alpha value is -1.84. The SMILES string of the molecule is CCCCCCCOc1ncnc2ccc(N)cc12. The van der Waals surface area contributed by atoms with Gasteiger partial charge in [-0.2, -0.15) is 0 Å². The van der Waals surface area contributed by atoms with Gasteiger partial charge in [0.1, 0.15) is 6.33 Å². The van der Waals surface area contributed by atoms with Crippen LogP contribution in [0.15, 0.2) is 24.5 Å². The Kier molecular flexibility index (Phi) is 4.95. The fraction of sp³-hybridized carbons (Fsp3) is 0.467. The number of aromatic nitrogens is 2. The Morgan fingerprint density at radius 2 is 1.95 bits per heavy atom. The maximum absolute atomic E-state index is 5.79. The van der Waals surface area contributed by atoms with Gasteiger partial charge in [-0.15, -0.1) is 0 Å². The molecule has 1 aromatic carbocycles. The Morgan fingerprint density at radius 1 is 1.11 bits per heavy atom. The van der Waals surface area contributed by atoms with Gasteiger partial charge < -0.3 is 10.5 Å². The number of benzene rings is 1. The summed E-state index contributed by atoms with van der Waals surface area (Å²) in [4.78, 5) is 8.40. The maximum atomic E-state index is 5.79. The van der Waals surface area contributed by atoms with Crippen LogP contribution in [0.1, 0.15) is 39.0 Å². The molecule has 0 aliphatic heterocycles. The highest BCUT2D eigenvalue weighted by atomic mass is 16.5. The molecule has 1 heterocycles. The molecule has 102 valence electrons. The van der Waals surface area contributed by atoms with Gasteiger partial charge in [0.2, 0.25) is 5.88 Å². The Morgan fingerprint density at radius 3 is 2.79 bits per heavy atom. The summed E-state index contributed by atoms with van der Waals surface area (Å²) in [5.41, 5.74) is 7.36. The van der Waals surface area contributed by atoms with Crippen LogP contribution >= 0.6 is 0 Å². The smallest absolute Gasteiger partial charge is 0.224 e. The third-order valence-corrected chi connectivity index (χ3v) is 3.11. The largest absolute Gasteiger partial charge is 0.477 e. The van der Waals surface area contributed by atoms with E-state index in [0.29, 0.717) is 18.2 Å². The number of hydrogen-bond donors (Lipinski definition) is 1. The quantitative estimate of drug-likeness (QED) is 0.610. The van der Waals surface area contributed by atoms with Gasteiger partial charge >= 0.3 is 0 Å². The number of anilines is 1. The van der Waals surface area contributed by atoms with Gasteiger partial charge in [0, 0.05) is 5.69 Å². The molecule has 0 saturated carbocycles. The standard InChI is InChI=1S/C15H21N3O/c1-2-3-4-5-6-9-19-15-13-10-12(16)7-8-14(13)17-11-18-15/h7-8,10-11H,2-6,9,16H2,1H3. The molecule has 0 aliphatic carbocycles. The fourth-order valence-electron chi connectivity index (χ4n) is 2.04. The second-order valence-electron chi connectivity index (χ2n) is 4.72. The highest BCUT2D eigenvalue weighted by Crippen LogP contribution is 2.23. The number of hydrogen-bond acceptors (Lipinski definition) is 4. The molecular formula is C15H21N3O. The second-order valence-corrected chi connectivity index (χ2v) is 4.72. The first-order valence-electron chi connectivity index (χ1n) is 6.94. The molecule has 0 unspecified atom stereocenters. The van der Waals surface area contributed by atoms with Crippen molar-refractivity contribution < 1.29 is 4.74 Å². The van der Waals surface area contributed by atoms with Crippen LogP contribution < -0.4 is 10.5 Å². The molecule has 0 atom stereocenters. The van der Waals surface area contributed by atoms with Gasteiger partial charge in [0.05, 0.1) is 17.5 Å². The molecular weight excluding hydrogens is 238 g/mol.